The summed E-state index contributed by atoms with van der Waals surface area (Å²) < 4.78 is 0.976. The second kappa shape index (κ2) is 6.06. The van der Waals surface area contributed by atoms with Crippen molar-refractivity contribution in [3.63, 3.8) is 0 Å². The van der Waals surface area contributed by atoms with Crippen LogP contribution in [0.4, 0.5) is 5.13 Å². The molecule has 1 aromatic heterocycles. The molecular formula is C15H19BrN2S. The highest BCUT2D eigenvalue weighted by atomic mass is 79.9. The van der Waals surface area contributed by atoms with Crippen LogP contribution in [0.2, 0.25) is 0 Å². The van der Waals surface area contributed by atoms with Crippen LogP contribution in [0.5, 0.6) is 0 Å². The third kappa shape index (κ3) is 3.37. The van der Waals surface area contributed by atoms with E-state index >= 15 is 0 Å². The number of aromatic nitrogens is 1. The Balaban J connectivity index is 2.16. The minimum atomic E-state index is 0.972. The molecule has 0 aliphatic heterocycles. The second-order valence-corrected chi connectivity index (χ2v) is 6.70. The quantitative estimate of drug-likeness (QED) is 0.876. The van der Waals surface area contributed by atoms with Crippen molar-refractivity contribution in [2.24, 2.45) is 0 Å². The number of rotatable bonds is 4. The molecule has 0 fully saturated rings. The van der Waals surface area contributed by atoms with Crippen LogP contribution in [-0.2, 0) is 12.8 Å². The largest absolute Gasteiger partial charge is 0.365 e. The third-order valence-electron chi connectivity index (χ3n) is 3.31. The fourth-order valence-corrected chi connectivity index (χ4v) is 3.98. The van der Waals surface area contributed by atoms with Crippen LogP contribution >= 0.6 is 27.3 Å². The highest BCUT2D eigenvalue weighted by Gasteiger charge is 2.10. The molecule has 2 aromatic rings. The van der Waals surface area contributed by atoms with Crippen LogP contribution in [-0.4, -0.2) is 12.0 Å². The molecule has 4 heteroatoms. The molecule has 0 spiro atoms. The lowest BCUT2D eigenvalue weighted by molar-refractivity contribution is 0.944. The van der Waals surface area contributed by atoms with Crippen molar-refractivity contribution in [2.75, 3.05) is 12.4 Å². The van der Waals surface area contributed by atoms with E-state index in [0.29, 0.717) is 0 Å². The summed E-state index contributed by atoms with van der Waals surface area (Å²) in [6.45, 7) is 6.56. The fourth-order valence-electron chi connectivity index (χ4n) is 2.44. The summed E-state index contributed by atoms with van der Waals surface area (Å²) in [6, 6.07) is 4.53. The van der Waals surface area contributed by atoms with Gasteiger partial charge in [-0.2, -0.15) is 0 Å². The minimum Gasteiger partial charge on any atom is -0.365 e. The van der Waals surface area contributed by atoms with Crippen LogP contribution in [0.25, 0.3) is 0 Å². The van der Waals surface area contributed by atoms with Crippen LogP contribution in [0.1, 0.15) is 27.1 Å². The van der Waals surface area contributed by atoms with Gasteiger partial charge in [0.15, 0.2) is 5.13 Å². The van der Waals surface area contributed by atoms with Gasteiger partial charge in [0.25, 0.3) is 0 Å². The number of nitrogens with zero attached hydrogens (tertiary/aromatic N) is 1. The van der Waals surface area contributed by atoms with E-state index in [4.69, 9.17) is 0 Å². The first-order valence-electron chi connectivity index (χ1n) is 6.41. The molecule has 0 amide bonds. The molecule has 0 aliphatic rings. The first kappa shape index (κ1) is 14.5. The van der Waals surface area contributed by atoms with Gasteiger partial charge in [0.05, 0.1) is 0 Å². The summed E-state index contributed by atoms with van der Waals surface area (Å²) in [5.74, 6) is 0. The smallest absolute Gasteiger partial charge is 0.183 e. The summed E-state index contributed by atoms with van der Waals surface area (Å²) in [6.07, 6.45) is 2.10. The van der Waals surface area contributed by atoms with E-state index in [1.165, 1.54) is 27.1 Å². The molecular weight excluding hydrogens is 320 g/mol. The van der Waals surface area contributed by atoms with E-state index in [1.807, 2.05) is 7.05 Å². The maximum Gasteiger partial charge on any atom is 0.183 e. The number of thiazole rings is 1. The van der Waals surface area contributed by atoms with Crippen LogP contribution in [0, 0.1) is 20.8 Å². The van der Waals surface area contributed by atoms with Crippen LogP contribution in [0.3, 0.4) is 0 Å². The van der Waals surface area contributed by atoms with Crippen molar-refractivity contribution < 1.29 is 0 Å². The zero-order valence-electron chi connectivity index (χ0n) is 11.8. The van der Waals surface area contributed by atoms with Gasteiger partial charge in [-0.25, -0.2) is 4.98 Å². The summed E-state index contributed by atoms with van der Waals surface area (Å²) in [7, 11) is 1.91. The van der Waals surface area contributed by atoms with E-state index in [1.54, 1.807) is 11.3 Å². The Bertz CT molecular complexity index is 567. The lowest BCUT2D eigenvalue weighted by atomic mass is 9.96. The fraction of sp³-hybridized carbons (Fsp3) is 0.400. The molecule has 1 N–H and O–H groups in total. The SMILES string of the molecule is CNc1nc(Br)c(CCc2c(C)cc(C)cc2C)s1. The Morgan fingerprint density at radius 2 is 1.79 bits per heavy atom. The first-order valence-corrected chi connectivity index (χ1v) is 8.02. The van der Waals surface area contributed by atoms with Gasteiger partial charge in [0.1, 0.15) is 4.60 Å². The number of hydrogen-bond donors (Lipinski definition) is 1. The maximum absolute atomic E-state index is 4.42. The molecule has 0 saturated carbocycles. The number of anilines is 1. The lowest BCUT2D eigenvalue weighted by Crippen LogP contribution is -1.97. The molecule has 2 nitrogen and oxygen atoms in total. The lowest BCUT2D eigenvalue weighted by Gasteiger charge is -2.10. The third-order valence-corrected chi connectivity index (χ3v) is 5.36. The molecule has 0 saturated heterocycles. The number of benzene rings is 1. The zero-order chi connectivity index (χ0) is 14.0. The second-order valence-electron chi connectivity index (χ2n) is 4.86. The Hall–Kier alpha value is -0.870. The van der Waals surface area contributed by atoms with E-state index in [9.17, 15) is 0 Å². The Morgan fingerprint density at radius 3 is 2.32 bits per heavy atom. The zero-order valence-corrected chi connectivity index (χ0v) is 14.2. The van der Waals surface area contributed by atoms with Gasteiger partial charge in [0, 0.05) is 11.9 Å². The molecule has 0 atom stereocenters. The van der Waals surface area contributed by atoms with Gasteiger partial charge < -0.3 is 5.32 Å². The Morgan fingerprint density at radius 1 is 1.16 bits per heavy atom. The summed E-state index contributed by atoms with van der Waals surface area (Å²) in [5.41, 5.74) is 5.60. The van der Waals surface area contributed by atoms with Crippen molar-refractivity contribution in [1.29, 1.82) is 0 Å². The van der Waals surface area contributed by atoms with E-state index in [0.717, 1.165) is 22.6 Å². The Kier molecular flexibility index (Phi) is 4.63. The van der Waals surface area contributed by atoms with Gasteiger partial charge in [-0.15, -0.1) is 11.3 Å². The molecule has 1 aromatic carbocycles. The number of aryl methyl sites for hydroxylation is 4. The van der Waals surface area contributed by atoms with Crippen molar-refractivity contribution in [2.45, 2.75) is 33.6 Å². The van der Waals surface area contributed by atoms with Crippen molar-refractivity contribution in [3.8, 4) is 0 Å². The van der Waals surface area contributed by atoms with Gasteiger partial charge in [-0.3, -0.25) is 0 Å². The standard InChI is InChI=1S/C15H19BrN2S/c1-9-7-10(2)12(11(3)8-9)5-6-13-14(16)18-15(17-4)19-13/h7-8H,5-6H2,1-4H3,(H,17,18). The normalized spacial score (nSPS) is 10.8. The van der Waals surface area contributed by atoms with Crippen molar-refractivity contribution >= 4 is 32.4 Å². The van der Waals surface area contributed by atoms with Crippen molar-refractivity contribution in [1.82, 2.24) is 4.98 Å². The first-order chi connectivity index (χ1) is 9.01. The van der Waals surface area contributed by atoms with Crippen molar-refractivity contribution in [3.05, 3.63) is 43.9 Å². The van der Waals surface area contributed by atoms with Crippen LogP contribution in [0.15, 0.2) is 16.7 Å². The molecule has 0 aliphatic carbocycles. The summed E-state index contributed by atoms with van der Waals surface area (Å²) >= 11 is 5.26. The Labute approximate surface area is 127 Å². The molecule has 102 valence electrons. The predicted octanol–water partition coefficient (Wildman–Crippen LogP) is 4.66. The predicted molar refractivity (Wildman–Crippen MR) is 87.4 cm³/mol. The monoisotopic (exact) mass is 338 g/mol. The summed E-state index contributed by atoms with van der Waals surface area (Å²) in [5, 5.41) is 4.07. The molecule has 0 bridgehead atoms. The average Bonchev–Trinajstić information content (AvgIpc) is 2.69. The van der Waals surface area contributed by atoms with E-state index < -0.39 is 0 Å². The maximum atomic E-state index is 4.42. The van der Waals surface area contributed by atoms with Gasteiger partial charge in [-0.05, 0) is 66.2 Å². The van der Waals surface area contributed by atoms with Gasteiger partial charge in [-0.1, -0.05) is 17.7 Å². The average molecular weight is 339 g/mol. The van der Waals surface area contributed by atoms with E-state index in [-0.39, 0.29) is 0 Å². The minimum absolute atomic E-state index is 0.972. The van der Waals surface area contributed by atoms with E-state index in [2.05, 4.69) is 59.1 Å². The van der Waals surface area contributed by atoms with Gasteiger partial charge >= 0.3 is 0 Å². The van der Waals surface area contributed by atoms with Gasteiger partial charge in [0.2, 0.25) is 0 Å². The highest BCUT2D eigenvalue weighted by Crippen LogP contribution is 2.29. The highest BCUT2D eigenvalue weighted by molar-refractivity contribution is 9.10. The summed E-state index contributed by atoms with van der Waals surface area (Å²) in [4.78, 5) is 5.73. The topological polar surface area (TPSA) is 24.9 Å². The molecule has 0 radical (unpaired) electrons. The molecule has 19 heavy (non-hydrogen) atoms. The van der Waals surface area contributed by atoms with Crippen LogP contribution < -0.4 is 5.32 Å². The molecule has 0 unspecified atom stereocenters. The number of hydrogen-bond acceptors (Lipinski definition) is 3. The molecule has 1 heterocycles. The molecule has 2 rings (SSSR count). The number of nitrogens with one attached hydrogen (secondary N) is 1. The number of halogens is 1.